The SMILES string of the molecule is CC(=O)Cc1cc(C)[nH]n1. The molecule has 1 aromatic rings. The van der Waals surface area contributed by atoms with Crippen molar-refractivity contribution < 1.29 is 4.79 Å². The van der Waals surface area contributed by atoms with Crippen LogP contribution in [0.5, 0.6) is 0 Å². The lowest BCUT2D eigenvalue weighted by molar-refractivity contribution is -0.116. The summed E-state index contributed by atoms with van der Waals surface area (Å²) in [5.41, 5.74) is 1.82. The molecule has 0 fully saturated rings. The Morgan fingerprint density at radius 3 is 2.90 bits per heavy atom. The average Bonchev–Trinajstić information content (AvgIpc) is 2.13. The molecule has 1 aromatic heterocycles. The minimum atomic E-state index is 0.145. The number of H-pyrrole nitrogens is 1. The van der Waals surface area contributed by atoms with Crippen LogP contribution >= 0.6 is 0 Å². The molecule has 0 spiro atoms. The third kappa shape index (κ3) is 1.69. The molecule has 0 aromatic carbocycles. The Hall–Kier alpha value is -1.12. The van der Waals surface area contributed by atoms with E-state index in [2.05, 4.69) is 10.2 Å². The van der Waals surface area contributed by atoms with Gasteiger partial charge in [0, 0.05) is 5.69 Å². The Morgan fingerprint density at radius 2 is 2.50 bits per heavy atom. The highest BCUT2D eigenvalue weighted by molar-refractivity contribution is 5.77. The third-order valence-electron chi connectivity index (χ3n) is 1.19. The summed E-state index contributed by atoms with van der Waals surface area (Å²) in [5.74, 6) is 0.145. The van der Waals surface area contributed by atoms with E-state index in [1.54, 1.807) is 6.92 Å². The number of aryl methyl sites for hydroxylation is 1. The number of nitrogens with one attached hydrogen (secondary N) is 1. The topological polar surface area (TPSA) is 45.8 Å². The van der Waals surface area contributed by atoms with Gasteiger partial charge in [0.1, 0.15) is 5.78 Å². The molecule has 3 heteroatoms. The van der Waals surface area contributed by atoms with Crippen molar-refractivity contribution in [3.05, 3.63) is 17.5 Å². The van der Waals surface area contributed by atoms with Gasteiger partial charge in [-0.3, -0.25) is 9.89 Å². The number of nitrogens with zero attached hydrogens (tertiary/aromatic N) is 1. The Morgan fingerprint density at radius 1 is 1.80 bits per heavy atom. The van der Waals surface area contributed by atoms with Gasteiger partial charge in [0.25, 0.3) is 0 Å². The molecule has 0 saturated carbocycles. The molecule has 1 heterocycles. The highest BCUT2D eigenvalue weighted by atomic mass is 16.1. The van der Waals surface area contributed by atoms with E-state index in [0.29, 0.717) is 6.42 Å². The van der Waals surface area contributed by atoms with Gasteiger partial charge in [0.2, 0.25) is 0 Å². The van der Waals surface area contributed by atoms with E-state index in [1.165, 1.54) is 0 Å². The zero-order valence-corrected chi connectivity index (χ0v) is 6.14. The summed E-state index contributed by atoms with van der Waals surface area (Å²) in [5, 5.41) is 6.68. The van der Waals surface area contributed by atoms with Gasteiger partial charge < -0.3 is 0 Å². The van der Waals surface area contributed by atoms with E-state index >= 15 is 0 Å². The summed E-state index contributed by atoms with van der Waals surface area (Å²) < 4.78 is 0. The lowest BCUT2D eigenvalue weighted by Gasteiger charge is -1.85. The number of ketones is 1. The van der Waals surface area contributed by atoms with Crippen LogP contribution in [0.1, 0.15) is 18.3 Å². The van der Waals surface area contributed by atoms with Gasteiger partial charge in [-0.2, -0.15) is 5.10 Å². The number of Topliss-reactive ketones (excluding diaryl/α,β-unsaturated/α-hetero) is 1. The molecule has 1 N–H and O–H groups in total. The van der Waals surface area contributed by atoms with Crippen molar-refractivity contribution in [1.82, 2.24) is 10.2 Å². The fraction of sp³-hybridized carbons (Fsp3) is 0.429. The summed E-state index contributed by atoms with van der Waals surface area (Å²) >= 11 is 0. The lowest BCUT2D eigenvalue weighted by Crippen LogP contribution is -1.95. The van der Waals surface area contributed by atoms with Crippen molar-refractivity contribution in [3.63, 3.8) is 0 Å². The van der Waals surface area contributed by atoms with Gasteiger partial charge in [-0.05, 0) is 19.9 Å². The second-order valence-corrected chi connectivity index (χ2v) is 2.42. The highest BCUT2D eigenvalue weighted by Gasteiger charge is 1.99. The first-order valence-corrected chi connectivity index (χ1v) is 3.19. The number of carbonyl (C=O) groups is 1. The lowest BCUT2D eigenvalue weighted by atomic mass is 10.2. The first kappa shape index (κ1) is 6.99. The second kappa shape index (κ2) is 2.64. The van der Waals surface area contributed by atoms with Crippen molar-refractivity contribution in [2.75, 3.05) is 0 Å². The van der Waals surface area contributed by atoms with E-state index in [0.717, 1.165) is 11.4 Å². The molecule has 1 rings (SSSR count). The van der Waals surface area contributed by atoms with Crippen LogP contribution in [-0.4, -0.2) is 16.0 Å². The number of hydrogen-bond donors (Lipinski definition) is 1. The molecule has 0 bridgehead atoms. The molecule has 54 valence electrons. The fourth-order valence-corrected chi connectivity index (χ4v) is 0.820. The van der Waals surface area contributed by atoms with Gasteiger partial charge in [0.05, 0.1) is 12.1 Å². The van der Waals surface area contributed by atoms with Crippen LogP contribution in [-0.2, 0) is 11.2 Å². The smallest absolute Gasteiger partial charge is 0.135 e. The Balaban J connectivity index is 2.67. The number of aromatic nitrogens is 2. The van der Waals surface area contributed by atoms with Gasteiger partial charge in [-0.15, -0.1) is 0 Å². The highest BCUT2D eigenvalue weighted by Crippen LogP contribution is 1.98. The maximum absolute atomic E-state index is 10.6. The maximum atomic E-state index is 10.6. The van der Waals surface area contributed by atoms with Crippen molar-refractivity contribution >= 4 is 5.78 Å². The molecule has 0 unspecified atom stereocenters. The molecule has 0 amide bonds. The predicted molar refractivity (Wildman–Crippen MR) is 37.7 cm³/mol. The van der Waals surface area contributed by atoms with Gasteiger partial charge in [0.15, 0.2) is 0 Å². The van der Waals surface area contributed by atoms with E-state index in [4.69, 9.17) is 0 Å². The van der Waals surface area contributed by atoms with E-state index in [-0.39, 0.29) is 5.78 Å². The summed E-state index contributed by atoms with van der Waals surface area (Å²) in [6, 6.07) is 1.88. The van der Waals surface area contributed by atoms with E-state index < -0.39 is 0 Å². The number of hydrogen-bond acceptors (Lipinski definition) is 2. The monoisotopic (exact) mass is 138 g/mol. The fourth-order valence-electron chi connectivity index (χ4n) is 0.820. The number of aromatic amines is 1. The van der Waals surface area contributed by atoms with Crippen LogP contribution in [0.4, 0.5) is 0 Å². The molecule has 0 aliphatic carbocycles. The predicted octanol–water partition coefficient (Wildman–Crippen LogP) is 0.850. The molecular formula is C7H10N2O. The van der Waals surface area contributed by atoms with Gasteiger partial charge >= 0.3 is 0 Å². The van der Waals surface area contributed by atoms with Crippen LogP contribution in [0.15, 0.2) is 6.07 Å². The van der Waals surface area contributed by atoms with Crippen molar-refractivity contribution in [2.45, 2.75) is 20.3 Å². The molecule has 0 aliphatic rings. The van der Waals surface area contributed by atoms with Crippen LogP contribution in [0.2, 0.25) is 0 Å². The molecule has 0 atom stereocenters. The number of rotatable bonds is 2. The second-order valence-electron chi connectivity index (χ2n) is 2.42. The van der Waals surface area contributed by atoms with Crippen molar-refractivity contribution in [2.24, 2.45) is 0 Å². The standard InChI is InChI=1S/C7H10N2O/c1-5-3-7(9-8-5)4-6(2)10/h3H,4H2,1-2H3,(H,8,9). The molecule has 0 radical (unpaired) electrons. The summed E-state index contributed by atoms with van der Waals surface area (Å²) in [7, 11) is 0. The average molecular weight is 138 g/mol. The number of carbonyl (C=O) groups excluding carboxylic acids is 1. The molecule has 10 heavy (non-hydrogen) atoms. The Bertz CT molecular complexity index is 240. The van der Waals surface area contributed by atoms with Gasteiger partial charge in [-0.25, -0.2) is 0 Å². The molecular weight excluding hydrogens is 128 g/mol. The third-order valence-corrected chi connectivity index (χ3v) is 1.19. The largest absolute Gasteiger partial charge is 0.300 e. The zero-order valence-electron chi connectivity index (χ0n) is 6.14. The van der Waals surface area contributed by atoms with Crippen LogP contribution < -0.4 is 0 Å². The van der Waals surface area contributed by atoms with Gasteiger partial charge in [-0.1, -0.05) is 0 Å². The van der Waals surface area contributed by atoms with Crippen molar-refractivity contribution in [1.29, 1.82) is 0 Å². The molecule has 3 nitrogen and oxygen atoms in total. The van der Waals surface area contributed by atoms with Crippen LogP contribution in [0.3, 0.4) is 0 Å². The minimum absolute atomic E-state index is 0.145. The van der Waals surface area contributed by atoms with Crippen LogP contribution in [0.25, 0.3) is 0 Å². The summed E-state index contributed by atoms with van der Waals surface area (Å²) in [4.78, 5) is 10.6. The minimum Gasteiger partial charge on any atom is -0.300 e. The first-order chi connectivity index (χ1) is 4.68. The quantitative estimate of drug-likeness (QED) is 0.658. The van der Waals surface area contributed by atoms with Crippen LogP contribution in [0, 0.1) is 6.92 Å². The normalized spacial score (nSPS) is 9.80. The Kier molecular flexibility index (Phi) is 1.85. The molecule has 0 saturated heterocycles. The van der Waals surface area contributed by atoms with E-state index in [1.807, 2.05) is 13.0 Å². The first-order valence-electron chi connectivity index (χ1n) is 3.19. The maximum Gasteiger partial charge on any atom is 0.135 e. The molecule has 0 aliphatic heterocycles. The Labute approximate surface area is 59.4 Å². The zero-order chi connectivity index (χ0) is 7.56. The van der Waals surface area contributed by atoms with E-state index in [9.17, 15) is 4.79 Å². The van der Waals surface area contributed by atoms with Crippen molar-refractivity contribution in [3.8, 4) is 0 Å². The summed E-state index contributed by atoms with van der Waals surface area (Å²) in [6.45, 7) is 3.47. The summed E-state index contributed by atoms with van der Waals surface area (Å²) in [6.07, 6.45) is 0.435.